The highest BCUT2D eigenvalue weighted by Crippen LogP contribution is 2.16. The Morgan fingerprint density at radius 3 is 3.12 bits per heavy atom. The molecule has 0 aliphatic carbocycles. The van der Waals surface area contributed by atoms with E-state index in [0.29, 0.717) is 6.04 Å². The summed E-state index contributed by atoms with van der Waals surface area (Å²) in [4.78, 5) is 2.56. The first-order chi connectivity index (χ1) is 7.77. The van der Waals surface area contributed by atoms with Crippen LogP contribution < -0.4 is 5.32 Å². The lowest BCUT2D eigenvalue weighted by molar-refractivity contribution is 0.265. The Morgan fingerprint density at radius 2 is 2.50 bits per heavy atom. The second-order valence-electron chi connectivity index (χ2n) is 4.76. The minimum Gasteiger partial charge on any atom is -0.472 e. The Hall–Kier alpha value is -0.800. The number of hydrogen-bond donors (Lipinski definition) is 1. The smallest absolute Gasteiger partial charge is 0.0950 e. The fourth-order valence-electron chi connectivity index (χ4n) is 2.39. The third kappa shape index (κ3) is 2.86. The molecule has 2 unspecified atom stereocenters. The lowest BCUT2D eigenvalue weighted by Gasteiger charge is -2.22. The number of likely N-dealkylation sites (tertiary alicyclic amines) is 1. The molecule has 0 bridgehead atoms. The monoisotopic (exact) mass is 222 g/mol. The van der Waals surface area contributed by atoms with E-state index in [0.717, 1.165) is 19.1 Å². The van der Waals surface area contributed by atoms with Crippen molar-refractivity contribution in [2.45, 2.75) is 38.8 Å². The standard InChI is InChI=1S/C13H22N2O/c1-11-4-3-7-15(11)8-6-14-12(2)13-5-9-16-10-13/h5,9-12,14H,3-4,6-8H2,1-2H3. The van der Waals surface area contributed by atoms with Crippen LogP contribution in [-0.4, -0.2) is 30.6 Å². The average Bonchev–Trinajstić information content (AvgIpc) is 2.90. The predicted molar refractivity (Wildman–Crippen MR) is 65.4 cm³/mol. The van der Waals surface area contributed by atoms with E-state index >= 15 is 0 Å². The van der Waals surface area contributed by atoms with Crippen LogP contribution in [0.25, 0.3) is 0 Å². The van der Waals surface area contributed by atoms with E-state index in [1.807, 2.05) is 12.3 Å². The van der Waals surface area contributed by atoms with Gasteiger partial charge in [-0.3, -0.25) is 4.90 Å². The van der Waals surface area contributed by atoms with Crippen molar-refractivity contribution in [3.05, 3.63) is 24.2 Å². The van der Waals surface area contributed by atoms with Gasteiger partial charge in [-0.25, -0.2) is 0 Å². The number of nitrogens with zero attached hydrogens (tertiary/aromatic N) is 1. The maximum atomic E-state index is 5.08. The van der Waals surface area contributed by atoms with Gasteiger partial charge in [0, 0.05) is 30.7 Å². The molecule has 0 spiro atoms. The third-order valence-electron chi connectivity index (χ3n) is 3.58. The Kier molecular flexibility index (Phi) is 4.02. The van der Waals surface area contributed by atoms with Crippen molar-refractivity contribution < 1.29 is 4.42 Å². The van der Waals surface area contributed by atoms with E-state index in [4.69, 9.17) is 4.42 Å². The van der Waals surface area contributed by atoms with Gasteiger partial charge >= 0.3 is 0 Å². The van der Waals surface area contributed by atoms with Crippen LogP contribution in [0.1, 0.15) is 38.3 Å². The van der Waals surface area contributed by atoms with Gasteiger partial charge in [-0.15, -0.1) is 0 Å². The molecule has 0 saturated carbocycles. The molecule has 1 aromatic rings. The van der Waals surface area contributed by atoms with Crippen LogP contribution in [0.4, 0.5) is 0 Å². The highest BCUT2D eigenvalue weighted by atomic mass is 16.3. The first-order valence-electron chi connectivity index (χ1n) is 6.27. The first kappa shape index (κ1) is 11.7. The van der Waals surface area contributed by atoms with Crippen LogP contribution in [-0.2, 0) is 0 Å². The summed E-state index contributed by atoms with van der Waals surface area (Å²) in [6.07, 6.45) is 6.27. The number of rotatable bonds is 5. The normalized spacial score (nSPS) is 23.8. The molecule has 3 heteroatoms. The SMILES string of the molecule is CC(NCCN1CCCC1C)c1ccoc1. The summed E-state index contributed by atoms with van der Waals surface area (Å²) in [5.74, 6) is 0. The third-order valence-corrected chi connectivity index (χ3v) is 3.58. The number of nitrogens with one attached hydrogen (secondary N) is 1. The van der Waals surface area contributed by atoms with Crippen molar-refractivity contribution in [2.75, 3.05) is 19.6 Å². The molecule has 1 saturated heterocycles. The molecule has 1 aromatic heterocycles. The van der Waals surface area contributed by atoms with Crippen LogP contribution in [0.15, 0.2) is 23.0 Å². The molecule has 1 N–H and O–H groups in total. The zero-order chi connectivity index (χ0) is 11.4. The van der Waals surface area contributed by atoms with Crippen molar-refractivity contribution in [3.63, 3.8) is 0 Å². The molecule has 1 aliphatic rings. The molecule has 2 heterocycles. The Morgan fingerprint density at radius 1 is 1.62 bits per heavy atom. The van der Waals surface area contributed by atoms with Gasteiger partial charge in [0.2, 0.25) is 0 Å². The molecule has 1 aliphatic heterocycles. The van der Waals surface area contributed by atoms with Crippen molar-refractivity contribution in [1.82, 2.24) is 10.2 Å². The summed E-state index contributed by atoms with van der Waals surface area (Å²) < 4.78 is 5.08. The van der Waals surface area contributed by atoms with Crippen molar-refractivity contribution in [2.24, 2.45) is 0 Å². The van der Waals surface area contributed by atoms with Gasteiger partial charge in [-0.1, -0.05) is 0 Å². The average molecular weight is 222 g/mol. The maximum Gasteiger partial charge on any atom is 0.0950 e. The summed E-state index contributed by atoms with van der Waals surface area (Å²) in [5.41, 5.74) is 1.23. The Labute approximate surface area is 97.8 Å². The molecule has 0 amide bonds. The van der Waals surface area contributed by atoms with E-state index in [1.54, 1.807) is 6.26 Å². The van der Waals surface area contributed by atoms with E-state index in [-0.39, 0.29) is 0 Å². The van der Waals surface area contributed by atoms with E-state index in [1.165, 1.54) is 24.9 Å². The van der Waals surface area contributed by atoms with Gasteiger partial charge in [-0.2, -0.15) is 0 Å². The summed E-state index contributed by atoms with van der Waals surface area (Å²) in [6.45, 7) is 7.98. The summed E-state index contributed by atoms with van der Waals surface area (Å²) in [5, 5.41) is 3.53. The molecule has 2 rings (SSSR count). The van der Waals surface area contributed by atoms with Gasteiger partial charge in [-0.05, 0) is 39.3 Å². The summed E-state index contributed by atoms with van der Waals surface area (Å²) in [7, 11) is 0. The van der Waals surface area contributed by atoms with Crippen LogP contribution in [0.5, 0.6) is 0 Å². The predicted octanol–water partition coefficient (Wildman–Crippen LogP) is 2.41. The van der Waals surface area contributed by atoms with E-state index < -0.39 is 0 Å². The largest absolute Gasteiger partial charge is 0.472 e. The van der Waals surface area contributed by atoms with Gasteiger partial charge in [0.1, 0.15) is 0 Å². The molecular formula is C13H22N2O. The number of hydrogen-bond acceptors (Lipinski definition) is 3. The maximum absolute atomic E-state index is 5.08. The van der Waals surface area contributed by atoms with E-state index in [9.17, 15) is 0 Å². The molecule has 2 atom stereocenters. The van der Waals surface area contributed by atoms with Gasteiger partial charge < -0.3 is 9.73 Å². The Bertz CT molecular complexity index is 297. The zero-order valence-electron chi connectivity index (χ0n) is 10.3. The van der Waals surface area contributed by atoms with Crippen LogP contribution in [0.3, 0.4) is 0 Å². The van der Waals surface area contributed by atoms with E-state index in [2.05, 4.69) is 24.1 Å². The van der Waals surface area contributed by atoms with Crippen molar-refractivity contribution >= 4 is 0 Å². The molecule has 16 heavy (non-hydrogen) atoms. The highest BCUT2D eigenvalue weighted by molar-refractivity contribution is 5.10. The van der Waals surface area contributed by atoms with Crippen LogP contribution in [0, 0.1) is 0 Å². The molecule has 0 aromatic carbocycles. The molecule has 3 nitrogen and oxygen atoms in total. The molecular weight excluding hydrogens is 200 g/mol. The highest BCUT2D eigenvalue weighted by Gasteiger charge is 2.19. The number of furan rings is 1. The summed E-state index contributed by atoms with van der Waals surface area (Å²) in [6, 6.07) is 3.18. The first-order valence-corrected chi connectivity index (χ1v) is 6.27. The lowest BCUT2D eigenvalue weighted by Crippen LogP contribution is -2.35. The van der Waals surface area contributed by atoms with Crippen LogP contribution >= 0.6 is 0 Å². The van der Waals surface area contributed by atoms with Crippen molar-refractivity contribution in [3.8, 4) is 0 Å². The van der Waals surface area contributed by atoms with Crippen LogP contribution in [0.2, 0.25) is 0 Å². The van der Waals surface area contributed by atoms with Gasteiger partial charge in [0.05, 0.1) is 12.5 Å². The fourth-order valence-corrected chi connectivity index (χ4v) is 2.39. The molecule has 90 valence electrons. The van der Waals surface area contributed by atoms with Gasteiger partial charge in [0.15, 0.2) is 0 Å². The minimum atomic E-state index is 0.386. The zero-order valence-corrected chi connectivity index (χ0v) is 10.3. The lowest BCUT2D eigenvalue weighted by atomic mass is 10.2. The molecule has 0 radical (unpaired) electrons. The fraction of sp³-hybridized carbons (Fsp3) is 0.692. The summed E-state index contributed by atoms with van der Waals surface area (Å²) >= 11 is 0. The second kappa shape index (κ2) is 5.51. The van der Waals surface area contributed by atoms with Crippen molar-refractivity contribution in [1.29, 1.82) is 0 Å². The quantitative estimate of drug-likeness (QED) is 0.829. The van der Waals surface area contributed by atoms with Gasteiger partial charge in [0.25, 0.3) is 0 Å². The molecule has 1 fully saturated rings. The Balaban J connectivity index is 1.68. The topological polar surface area (TPSA) is 28.4 Å². The minimum absolute atomic E-state index is 0.386. The second-order valence-corrected chi connectivity index (χ2v) is 4.76.